The van der Waals surface area contributed by atoms with Gasteiger partial charge in [0.25, 0.3) is 0 Å². The monoisotopic (exact) mass is 285 g/mol. The molecule has 1 fully saturated rings. The van der Waals surface area contributed by atoms with E-state index in [4.69, 9.17) is 5.73 Å². The Morgan fingerprint density at radius 3 is 2.45 bits per heavy atom. The number of carboxylic acid groups (broad SMARTS) is 1. The Morgan fingerprint density at radius 1 is 1.40 bits per heavy atom. The maximum absolute atomic E-state index is 12.5. The fourth-order valence-corrected chi connectivity index (χ4v) is 2.44. The number of likely N-dealkylation sites (N-methyl/N-ethyl adjacent to an activating group) is 1. The summed E-state index contributed by atoms with van der Waals surface area (Å²) in [5, 5.41) is 9.24. The molecule has 3 amide bonds. The van der Waals surface area contributed by atoms with Crippen molar-refractivity contribution in [1.82, 2.24) is 9.80 Å². The zero-order chi connectivity index (χ0) is 15.5. The molecule has 1 atom stereocenters. The largest absolute Gasteiger partial charge is 0.480 e. The number of carboxylic acids is 1. The molecule has 7 nitrogen and oxygen atoms in total. The van der Waals surface area contributed by atoms with Gasteiger partial charge in [0.2, 0.25) is 5.91 Å². The Kier molecular flexibility index (Phi) is 4.97. The highest BCUT2D eigenvalue weighted by Gasteiger charge is 2.40. The summed E-state index contributed by atoms with van der Waals surface area (Å²) in [5.74, 6) is -1.82. The summed E-state index contributed by atoms with van der Waals surface area (Å²) in [7, 11) is 0. The molecule has 0 radical (unpaired) electrons. The third-order valence-electron chi connectivity index (χ3n) is 3.84. The van der Waals surface area contributed by atoms with Gasteiger partial charge < -0.3 is 20.6 Å². The van der Waals surface area contributed by atoms with Gasteiger partial charge >= 0.3 is 12.0 Å². The van der Waals surface area contributed by atoms with Crippen LogP contribution in [0.4, 0.5) is 4.79 Å². The van der Waals surface area contributed by atoms with Crippen LogP contribution >= 0.6 is 0 Å². The molecule has 1 rings (SSSR count). The van der Waals surface area contributed by atoms with Crippen LogP contribution in [0.15, 0.2) is 0 Å². The molecule has 1 unspecified atom stereocenters. The molecule has 0 aromatic carbocycles. The van der Waals surface area contributed by atoms with Crippen molar-refractivity contribution in [2.24, 2.45) is 11.7 Å². The van der Waals surface area contributed by atoms with Crippen molar-refractivity contribution in [3.63, 3.8) is 0 Å². The van der Waals surface area contributed by atoms with Crippen molar-refractivity contribution in [3.8, 4) is 0 Å². The molecular formula is C13H23N3O4. The number of rotatable bonds is 4. The smallest absolute Gasteiger partial charge is 0.329 e. The molecule has 1 saturated heterocycles. The Bertz CT molecular complexity index is 408. The van der Waals surface area contributed by atoms with Crippen LogP contribution in [0.5, 0.6) is 0 Å². The minimum absolute atomic E-state index is 0.264. The zero-order valence-corrected chi connectivity index (χ0v) is 12.3. The fraction of sp³-hybridized carbons (Fsp3) is 0.769. The molecule has 0 aromatic rings. The minimum Gasteiger partial charge on any atom is -0.480 e. The standard InChI is InChI=1S/C13H23N3O4/c1-4-16(13(2,3)11(18)19)12(20)15-7-5-6-9(8-15)10(14)17/h9H,4-8H2,1-3H3,(H2,14,17)(H,18,19). The van der Waals surface area contributed by atoms with E-state index >= 15 is 0 Å². The van der Waals surface area contributed by atoms with Crippen LogP contribution in [-0.2, 0) is 9.59 Å². The first-order chi connectivity index (χ1) is 9.21. The summed E-state index contributed by atoms with van der Waals surface area (Å²) < 4.78 is 0. The van der Waals surface area contributed by atoms with Crippen molar-refractivity contribution < 1.29 is 19.5 Å². The van der Waals surface area contributed by atoms with E-state index in [1.165, 1.54) is 23.6 Å². The lowest BCUT2D eigenvalue weighted by Gasteiger charge is -2.40. The number of hydrogen-bond donors (Lipinski definition) is 2. The minimum atomic E-state index is -1.29. The van der Waals surface area contributed by atoms with E-state index in [1.807, 2.05) is 0 Å². The molecule has 114 valence electrons. The van der Waals surface area contributed by atoms with Gasteiger partial charge in [0.05, 0.1) is 5.92 Å². The van der Waals surface area contributed by atoms with Gasteiger partial charge in [-0.3, -0.25) is 4.79 Å². The highest BCUT2D eigenvalue weighted by molar-refractivity contribution is 5.86. The van der Waals surface area contributed by atoms with Gasteiger partial charge in [0, 0.05) is 19.6 Å². The van der Waals surface area contributed by atoms with Gasteiger partial charge in [-0.25, -0.2) is 9.59 Å². The Hall–Kier alpha value is -1.79. The number of primary amides is 1. The number of nitrogens with zero attached hydrogens (tertiary/aromatic N) is 2. The first-order valence-electron chi connectivity index (χ1n) is 6.81. The predicted molar refractivity (Wildman–Crippen MR) is 73.0 cm³/mol. The summed E-state index contributed by atoms with van der Waals surface area (Å²) >= 11 is 0. The number of amides is 3. The van der Waals surface area contributed by atoms with E-state index in [2.05, 4.69) is 0 Å². The number of nitrogens with two attached hydrogens (primary N) is 1. The number of carbonyl (C=O) groups is 3. The number of aliphatic carboxylic acids is 1. The first-order valence-corrected chi connectivity index (χ1v) is 6.81. The van der Waals surface area contributed by atoms with Gasteiger partial charge in [-0.1, -0.05) is 0 Å². The van der Waals surface area contributed by atoms with Crippen molar-refractivity contribution in [2.75, 3.05) is 19.6 Å². The number of hydrogen-bond acceptors (Lipinski definition) is 3. The molecule has 0 spiro atoms. The lowest BCUT2D eigenvalue weighted by atomic mass is 9.97. The van der Waals surface area contributed by atoms with Crippen LogP contribution in [0.3, 0.4) is 0 Å². The van der Waals surface area contributed by atoms with Crippen LogP contribution in [0, 0.1) is 5.92 Å². The number of piperidine rings is 1. The van der Waals surface area contributed by atoms with Crippen LogP contribution in [0.25, 0.3) is 0 Å². The van der Waals surface area contributed by atoms with Gasteiger partial charge in [-0.05, 0) is 33.6 Å². The van der Waals surface area contributed by atoms with Crippen molar-refractivity contribution in [1.29, 1.82) is 0 Å². The summed E-state index contributed by atoms with van der Waals surface area (Å²) in [6.45, 7) is 5.79. The van der Waals surface area contributed by atoms with E-state index in [0.717, 1.165) is 0 Å². The van der Waals surface area contributed by atoms with Gasteiger partial charge in [-0.15, -0.1) is 0 Å². The number of carbonyl (C=O) groups excluding carboxylic acids is 2. The topological polar surface area (TPSA) is 104 Å². The van der Waals surface area contributed by atoms with Crippen LogP contribution < -0.4 is 5.73 Å². The Morgan fingerprint density at radius 2 is 2.00 bits per heavy atom. The van der Waals surface area contributed by atoms with Crippen LogP contribution in [-0.4, -0.2) is 58.0 Å². The van der Waals surface area contributed by atoms with E-state index in [1.54, 1.807) is 6.92 Å². The predicted octanol–water partition coefficient (Wildman–Crippen LogP) is 0.489. The molecule has 0 aromatic heterocycles. The third-order valence-corrected chi connectivity index (χ3v) is 3.84. The molecule has 1 aliphatic rings. The average Bonchev–Trinajstić information content (AvgIpc) is 2.39. The quantitative estimate of drug-likeness (QED) is 0.784. The number of urea groups is 1. The lowest BCUT2D eigenvalue weighted by Crippen LogP contribution is -2.58. The van der Waals surface area contributed by atoms with Crippen LogP contribution in [0.1, 0.15) is 33.6 Å². The van der Waals surface area contributed by atoms with Crippen molar-refractivity contribution in [2.45, 2.75) is 39.2 Å². The fourth-order valence-electron chi connectivity index (χ4n) is 2.44. The van der Waals surface area contributed by atoms with E-state index in [0.29, 0.717) is 19.4 Å². The molecule has 0 bridgehead atoms. The second-order valence-corrected chi connectivity index (χ2v) is 5.58. The molecule has 3 N–H and O–H groups in total. The first kappa shape index (κ1) is 16.3. The second kappa shape index (κ2) is 6.11. The zero-order valence-electron chi connectivity index (χ0n) is 12.3. The molecule has 1 heterocycles. The average molecular weight is 285 g/mol. The summed E-state index contributed by atoms with van der Waals surface area (Å²) in [6.07, 6.45) is 1.37. The maximum atomic E-state index is 12.5. The van der Waals surface area contributed by atoms with Crippen molar-refractivity contribution in [3.05, 3.63) is 0 Å². The Balaban J connectivity index is 2.86. The van der Waals surface area contributed by atoms with E-state index in [-0.39, 0.29) is 25.0 Å². The highest BCUT2D eigenvalue weighted by Crippen LogP contribution is 2.21. The third kappa shape index (κ3) is 3.20. The molecule has 0 aliphatic carbocycles. The van der Waals surface area contributed by atoms with Crippen LogP contribution in [0.2, 0.25) is 0 Å². The normalized spacial score (nSPS) is 19.6. The van der Waals surface area contributed by atoms with Gasteiger partial charge in [0.1, 0.15) is 5.54 Å². The van der Waals surface area contributed by atoms with Crippen molar-refractivity contribution >= 4 is 17.9 Å². The SMILES string of the molecule is CCN(C(=O)N1CCCC(C(N)=O)C1)C(C)(C)C(=O)O. The summed E-state index contributed by atoms with van der Waals surface area (Å²) in [6, 6.07) is -0.356. The Labute approximate surface area is 118 Å². The van der Waals surface area contributed by atoms with E-state index in [9.17, 15) is 19.5 Å². The van der Waals surface area contributed by atoms with E-state index < -0.39 is 17.4 Å². The molecular weight excluding hydrogens is 262 g/mol. The second-order valence-electron chi connectivity index (χ2n) is 5.58. The lowest BCUT2D eigenvalue weighted by molar-refractivity contribution is -0.148. The highest BCUT2D eigenvalue weighted by atomic mass is 16.4. The molecule has 7 heteroatoms. The van der Waals surface area contributed by atoms with Gasteiger partial charge in [0.15, 0.2) is 0 Å². The summed E-state index contributed by atoms with van der Waals surface area (Å²) in [5.41, 5.74) is 4.00. The summed E-state index contributed by atoms with van der Waals surface area (Å²) in [4.78, 5) is 37.8. The molecule has 0 saturated carbocycles. The van der Waals surface area contributed by atoms with Gasteiger partial charge in [-0.2, -0.15) is 0 Å². The molecule has 20 heavy (non-hydrogen) atoms. The molecule has 1 aliphatic heterocycles. The number of likely N-dealkylation sites (tertiary alicyclic amines) is 1. The maximum Gasteiger partial charge on any atom is 0.329 e.